The first-order chi connectivity index (χ1) is 13.6. The third-order valence-electron chi connectivity index (χ3n) is 4.71. The van der Waals surface area contributed by atoms with Gasteiger partial charge in [0.2, 0.25) is 14.2 Å². The zero-order valence-corrected chi connectivity index (χ0v) is 18.9. The van der Waals surface area contributed by atoms with Crippen molar-refractivity contribution >= 4 is 36.9 Å². The van der Waals surface area contributed by atoms with E-state index in [0.717, 1.165) is 5.56 Å². The number of fused-ring (bicyclic) bond motifs is 1. The van der Waals surface area contributed by atoms with Crippen LogP contribution < -0.4 is 5.32 Å². The van der Waals surface area contributed by atoms with Crippen LogP contribution in [0.25, 0.3) is 0 Å². The Morgan fingerprint density at radius 3 is 2.52 bits per heavy atom. The average molecular weight is 435 g/mol. The van der Waals surface area contributed by atoms with Gasteiger partial charge in [-0.3, -0.25) is 18.7 Å². The maximum absolute atomic E-state index is 12.7. The second-order valence-electron chi connectivity index (χ2n) is 8.29. The molecule has 9 heteroatoms. The summed E-state index contributed by atoms with van der Waals surface area (Å²) in [4.78, 5) is 38.9. The highest BCUT2D eigenvalue weighted by molar-refractivity contribution is 7.86. The van der Waals surface area contributed by atoms with Gasteiger partial charge in [-0.1, -0.05) is 30.3 Å². The summed E-state index contributed by atoms with van der Waals surface area (Å²) in [6.07, 6.45) is 0.782. The van der Waals surface area contributed by atoms with Crippen LogP contribution in [0.4, 0.5) is 0 Å². The van der Waals surface area contributed by atoms with Crippen molar-refractivity contribution in [3.63, 3.8) is 0 Å². The lowest BCUT2D eigenvalue weighted by atomic mass is 10.0. The summed E-state index contributed by atoms with van der Waals surface area (Å²) in [6, 6.07) is 8.71. The van der Waals surface area contributed by atoms with E-state index in [0.29, 0.717) is 12.0 Å². The molecule has 1 saturated heterocycles. The van der Waals surface area contributed by atoms with Crippen molar-refractivity contribution in [2.75, 3.05) is 5.75 Å². The Morgan fingerprint density at radius 2 is 1.90 bits per heavy atom. The van der Waals surface area contributed by atoms with E-state index in [4.69, 9.17) is 4.43 Å². The smallest absolute Gasteiger partial charge is 0.341 e. The van der Waals surface area contributed by atoms with E-state index >= 15 is 0 Å². The monoisotopic (exact) mass is 434 g/mol. The van der Waals surface area contributed by atoms with Crippen molar-refractivity contribution in [3.8, 4) is 0 Å². The van der Waals surface area contributed by atoms with Gasteiger partial charge in [0.05, 0.1) is 10.8 Å². The largest absolute Gasteiger partial charge is 0.515 e. The Bertz CT molecular complexity index is 894. The number of hydrogen-bond acceptors (Lipinski definition) is 5. The molecule has 3 rings (SSSR count). The molecule has 7 nitrogen and oxygen atoms in total. The molecule has 0 radical (unpaired) electrons. The maximum Gasteiger partial charge on any atom is 0.341 e. The Labute approximate surface area is 174 Å². The van der Waals surface area contributed by atoms with Crippen LogP contribution in [0.2, 0.25) is 19.6 Å². The molecule has 2 aliphatic heterocycles. The standard InChI is InChI=1S/C20H26N2O5SSi/c1-13-12-28(26)19-16(21-15(23)11-10-14-8-6-5-7-9-14)18(24)22(19)17(13)20(25)27-29(2,3)4/h5-9,16,19H,10-12H2,1-4H3,(H,21,23)/t16-,19-,28+/m1/s1. The molecule has 1 aromatic rings. The van der Waals surface area contributed by atoms with Gasteiger partial charge in [0, 0.05) is 12.2 Å². The molecule has 2 aliphatic rings. The predicted octanol–water partition coefficient (Wildman–Crippen LogP) is 1.69. The van der Waals surface area contributed by atoms with Gasteiger partial charge in [-0.15, -0.1) is 0 Å². The number of carbonyl (C=O) groups is 3. The average Bonchev–Trinajstić information content (AvgIpc) is 2.63. The van der Waals surface area contributed by atoms with Crippen molar-refractivity contribution in [1.29, 1.82) is 0 Å². The minimum atomic E-state index is -2.15. The molecule has 1 aromatic carbocycles. The highest BCUT2D eigenvalue weighted by Gasteiger charge is 2.57. The summed E-state index contributed by atoms with van der Waals surface area (Å²) in [6.45, 7) is 7.33. The van der Waals surface area contributed by atoms with Crippen LogP contribution in [0.15, 0.2) is 41.6 Å². The lowest BCUT2D eigenvalue weighted by Crippen LogP contribution is -2.73. The number of nitrogens with zero attached hydrogens (tertiary/aromatic N) is 1. The van der Waals surface area contributed by atoms with Gasteiger partial charge in [0.15, 0.2) is 0 Å². The summed E-state index contributed by atoms with van der Waals surface area (Å²) in [7, 11) is -3.54. The van der Waals surface area contributed by atoms with Crippen molar-refractivity contribution in [1.82, 2.24) is 10.2 Å². The Morgan fingerprint density at radius 1 is 1.24 bits per heavy atom. The number of rotatable bonds is 6. The van der Waals surface area contributed by atoms with Crippen LogP contribution in [-0.4, -0.2) is 52.4 Å². The van der Waals surface area contributed by atoms with Gasteiger partial charge in [0.25, 0.3) is 5.91 Å². The van der Waals surface area contributed by atoms with Crippen molar-refractivity contribution in [2.45, 2.75) is 50.8 Å². The van der Waals surface area contributed by atoms with Crippen molar-refractivity contribution in [3.05, 3.63) is 47.2 Å². The molecule has 0 unspecified atom stereocenters. The molecule has 0 aliphatic carbocycles. The fraction of sp³-hybridized carbons (Fsp3) is 0.450. The number of nitrogens with one attached hydrogen (secondary N) is 1. The van der Waals surface area contributed by atoms with E-state index in [1.807, 2.05) is 50.0 Å². The first-order valence-corrected chi connectivity index (χ1v) is 14.3. The summed E-state index contributed by atoms with van der Waals surface area (Å²) in [5, 5.41) is 1.97. The van der Waals surface area contributed by atoms with E-state index in [1.165, 1.54) is 4.90 Å². The van der Waals surface area contributed by atoms with Gasteiger partial charge >= 0.3 is 5.97 Å². The topological polar surface area (TPSA) is 92.8 Å². The van der Waals surface area contributed by atoms with E-state index in [-0.39, 0.29) is 23.8 Å². The fourth-order valence-electron chi connectivity index (χ4n) is 3.42. The summed E-state index contributed by atoms with van der Waals surface area (Å²) in [5.41, 5.74) is 1.78. The van der Waals surface area contributed by atoms with Crippen LogP contribution in [0.3, 0.4) is 0 Å². The normalized spacial score (nSPS) is 23.9. The molecule has 156 valence electrons. The molecule has 0 aromatic heterocycles. The van der Waals surface area contributed by atoms with E-state index in [2.05, 4.69) is 5.32 Å². The number of amides is 2. The Kier molecular flexibility index (Phi) is 6.09. The van der Waals surface area contributed by atoms with Gasteiger partial charge in [-0.05, 0) is 44.1 Å². The minimum Gasteiger partial charge on any atom is -0.515 e. The van der Waals surface area contributed by atoms with E-state index in [1.54, 1.807) is 6.92 Å². The molecule has 3 atom stereocenters. The molecule has 2 amide bonds. The third kappa shape index (κ3) is 4.67. The summed E-state index contributed by atoms with van der Waals surface area (Å²) >= 11 is 0. The number of β-lactam (4-membered cyclic amide) rings is 1. The van der Waals surface area contributed by atoms with Crippen molar-refractivity contribution < 1.29 is 23.0 Å². The number of carbonyl (C=O) groups excluding carboxylic acids is 3. The third-order valence-corrected chi connectivity index (χ3v) is 7.25. The van der Waals surface area contributed by atoms with Gasteiger partial charge < -0.3 is 9.74 Å². The molecular formula is C20H26N2O5SSi. The first kappa shape index (κ1) is 21.4. The number of hydrogen-bond donors (Lipinski definition) is 1. The SMILES string of the molecule is CC1=C(C(=O)O[Si](C)(C)C)N2C(=O)[C@@H](NC(=O)CCc3ccccc3)[C@H]2[S@@](=O)C1. The quantitative estimate of drug-likeness (QED) is 0.543. The molecule has 1 fully saturated rings. The molecule has 0 spiro atoms. The lowest BCUT2D eigenvalue weighted by Gasteiger charge is -2.49. The van der Waals surface area contributed by atoms with Crippen LogP contribution in [0, 0.1) is 0 Å². The molecule has 0 saturated carbocycles. The predicted molar refractivity (Wildman–Crippen MR) is 112 cm³/mol. The fourth-order valence-corrected chi connectivity index (χ4v) is 5.74. The Balaban J connectivity index is 1.68. The van der Waals surface area contributed by atoms with E-state index in [9.17, 15) is 18.6 Å². The zero-order chi connectivity index (χ0) is 21.3. The van der Waals surface area contributed by atoms with Crippen LogP contribution in [-0.2, 0) is 36.0 Å². The van der Waals surface area contributed by atoms with Crippen LogP contribution in [0.1, 0.15) is 18.9 Å². The van der Waals surface area contributed by atoms with Crippen LogP contribution in [0.5, 0.6) is 0 Å². The molecule has 0 bridgehead atoms. The molecular weight excluding hydrogens is 408 g/mol. The summed E-state index contributed by atoms with van der Waals surface area (Å²) in [5.74, 6) is -1.06. The Hall–Kier alpha value is -2.26. The summed E-state index contributed by atoms with van der Waals surface area (Å²) < 4.78 is 18.2. The number of aryl methyl sites for hydroxylation is 1. The second-order valence-corrected chi connectivity index (χ2v) is 14.2. The van der Waals surface area contributed by atoms with Gasteiger partial charge in [0.1, 0.15) is 17.1 Å². The van der Waals surface area contributed by atoms with Crippen LogP contribution >= 0.6 is 0 Å². The second kappa shape index (κ2) is 8.23. The highest BCUT2D eigenvalue weighted by atomic mass is 32.2. The zero-order valence-electron chi connectivity index (χ0n) is 17.1. The molecule has 2 heterocycles. The molecule has 1 N–H and O–H groups in total. The highest BCUT2D eigenvalue weighted by Crippen LogP contribution is 2.35. The van der Waals surface area contributed by atoms with Crippen molar-refractivity contribution in [2.24, 2.45) is 0 Å². The van der Waals surface area contributed by atoms with E-state index < -0.39 is 42.4 Å². The first-order valence-electron chi connectivity index (χ1n) is 9.55. The van der Waals surface area contributed by atoms with Gasteiger partial charge in [-0.2, -0.15) is 0 Å². The molecule has 29 heavy (non-hydrogen) atoms. The number of benzene rings is 1. The maximum atomic E-state index is 12.7. The van der Waals surface area contributed by atoms with Gasteiger partial charge in [-0.25, -0.2) is 4.79 Å². The lowest BCUT2D eigenvalue weighted by molar-refractivity contribution is -0.150. The minimum absolute atomic E-state index is 0.178.